The lowest BCUT2D eigenvalue weighted by atomic mass is 10.1. The molecule has 1 aliphatic rings. The molecule has 1 aliphatic heterocycles. The van der Waals surface area contributed by atoms with Crippen LogP contribution in [0.3, 0.4) is 0 Å². The Hall–Kier alpha value is -0.500. The molecule has 1 fully saturated rings. The average molecular weight is 234 g/mol. The number of rotatable bonds is 5. The van der Waals surface area contributed by atoms with E-state index in [1.54, 1.807) is 12.2 Å². The molecule has 1 saturated heterocycles. The van der Waals surface area contributed by atoms with Crippen LogP contribution in [0.1, 0.15) is 6.92 Å². The highest BCUT2D eigenvalue weighted by molar-refractivity contribution is 4.91. The SMILES string of the molecule is C/C=C/COC1OC(C(O)CO)C(O)C1O. The summed E-state index contributed by atoms with van der Waals surface area (Å²) in [4.78, 5) is 0. The molecule has 16 heavy (non-hydrogen) atoms. The summed E-state index contributed by atoms with van der Waals surface area (Å²) in [6, 6.07) is 0. The number of allylic oxidation sites excluding steroid dienone is 1. The normalized spacial score (nSPS) is 37.1. The Morgan fingerprint density at radius 2 is 2.06 bits per heavy atom. The standard InChI is InChI=1S/C10H18O6/c1-2-3-4-15-10-8(14)7(13)9(16-10)6(12)5-11/h2-3,6-14H,4-5H2,1H3/b3-2+. The predicted octanol–water partition coefficient (Wildman–Crippen LogP) is -1.62. The molecule has 0 aliphatic carbocycles. The van der Waals surface area contributed by atoms with Crippen molar-refractivity contribution in [2.75, 3.05) is 13.2 Å². The summed E-state index contributed by atoms with van der Waals surface area (Å²) in [6.07, 6.45) is -2.25. The number of aliphatic hydroxyl groups is 4. The van der Waals surface area contributed by atoms with Crippen LogP contribution in [0.4, 0.5) is 0 Å². The Labute approximate surface area is 93.7 Å². The van der Waals surface area contributed by atoms with Crippen LogP contribution in [0.2, 0.25) is 0 Å². The molecule has 0 spiro atoms. The van der Waals surface area contributed by atoms with E-state index in [0.717, 1.165) is 0 Å². The topological polar surface area (TPSA) is 99.4 Å². The van der Waals surface area contributed by atoms with Crippen LogP contribution in [-0.2, 0) is 9.47 Å². The Kier molecular flexibility index (Phi) is 5.33. The van der Waals surface area contributed by atoms with E-state index in [1.165, 1.54) is 0 Å². The van der Waals surface area contributed by atoms with Crippen molar-refractivity contribution >= 4 is 0 Å². The highest BCUT2D eigenvalue weighted by Crippen LogP contribution is 2.24. The molecule has 0 amide bonds. The Morgan fingerprint density at radius 1 is 1.38 bits per heavy atom. The van der Waals surface area contributed by atoms with E-state index in [0.29, 0.717) is 0 Å². The highest BCUT2D eigenvalue weighted by Gasteiger charge is 2.46. The van der Waals surface area contributed by atoms with Gasteiger partial charge in [0.05, 0.1) is 13.2 Å². The average Bonchev–Trinajstić information content (AvgIpc) is 2.57. The largest absolute Gasteiger partial charge is 0.394 e. The first-order valence-corrected chi connectivity index (χ1v) is 5.15. The minimum atomic E-state index is -1.27. The summed E-state index contributed by atoms with van der Waals surface area (Å²) < 4.78 is 10.3. The molecule has 6 nitrogen and oxygen atoms in total. The number of ether oxygens (including phenoxy) is 2. The quantitative estimate of drug-likeness (QED) is 0.427. The van der Waals surface area contributed by atoms with Gasteiger partial charge < -0.3 is 29.9 Å². The molecule has 4 N–H and O–H groups in total. The van der Waals surface area contributed by atoms with E-state index in [4.69, 9.17) is 14.6 Å². The first-order chi connectivity index (χ1) is 7.61. The molecular weight excluding hydrogens is 216 g/mol. The smallest absolute Gasteiger partial charge is 0.187 e. The van der Waals surface area contributed by atoms with Crippen molar-refractivity contribution in [3.05, 3.63) is 12.2 Å². The second-order valence-electron chi connectivity index (χ2n) is 3.60. The first kappa shape index (κ1) is 13.6. The summed E-state index contributed by atoms with van der Waals surface area (Å²) in [5.41, 5.74) is 0. The van der Waals surface area contributed by atoms with Crippen molar-refractivity contribution in [1.82, 2.24) is 0 Å². The zero-order valence-corrected chi connectivity index (χ0v) is 9.06. The minimum absolute atomic E-state index is 0.243. The summed E-state index contributed by atoms with van der Waals surface area (Å²) in [6.45, 7) is 1.52. The zero-order valence-electron chi connectivity index (χ0n) is 9.06. The predicted molar refractivity (Wildman–Crippen MR) is 54.5 cm³/mol. The molecule has 0 aromatic carbocycles. The monoisotopic (exact) mass is 234 g/mol. The van der Waals surface area contributed by atoms with Gasteiger partial charge in [-0.05, 0) is 6.92 Å². The van der Waals surface area contributed by atoms with Crippen LogP contribution in [0.5, 0.6) is 0 Å². The van der Waals surface area contributed by atoms with Gasteiger partial charge in [-0.25, -0.2) is 0 Å². The van der Waals surface area contributed by atoms with Gasteiger partial charge >= 0.3 is 0 Å². The van der Waals surface area contributed by atoms with Crippen molar-refractivity contribution in [3.8, 4) is 0 Å². The van der Waals surface area contributed by atoms with Gasteiger partial charge in [0.15, 0.2) is 6.29 Å². The summed E-state index contributed by atoms with van der Waals surface area (Å²) >= 11 is 0. The van der Waals surface area contributed by atoms with Crippen LogP contribution in [-0.4, -0.2) is 64.3 Å². The Morgan fingerprint density at radius 3 is 2.62 bits per heavy atom. The van der Waals surface area contributed by atoms with E-state index >= 15 is 0 Å². The molecule has 5 atom stereocenters. The second kappa shape index (κ2) is 6.29. The highest BCUT2D eigenvalue weighted by atomic mass is 16.7. The van der Waals surface area contributed by atoms with Crippen molar-refractivity contribution in [3.63, 3.8) is 0 Å². The molecular formula is C10H18O6. The fraction of sp³-hybridized carbons (Fsp3) is 0.800. The van der Waals surface area contributed by atoms with Crippen LogP contribution < -0.4 is 0 Å². The van der Waals surface area contributed by atoms with Crippen molar-refractivity contribution < 1.29 is 29.9 Å². The maximum absolute atomic E-state index is 9.55. The molecule has 0 aromatic rings. The van der Waals surface area contributed by atoms with Crippen LogP contribution >= 0.6 is 0 Å². The molecule has 0 saturated carbocycles. The van der Waals surface area contributed by atoms with Gasteiger partial charge in [-0.3, -0.25) is 0 Å². The van der Waals surface area contributed by atoms with Crippen molar-refractivity contribution in [2.45, 2.75) is 37.6 Å². The lowest BCUT2D eigenvalue weighted by Gasteiger charge is -2.18. The maximum atomic E-state index is 9.55. The van der Waals surface area contributed by atoms with E-state index in [-0.39, 0.29) is 6.61 Å². The van der Waals surface area contributed by atoms with Gasteiger partial charge in [-0.1, -0.05) is 12.2 Å². The molecule has 6 heteroatoms. The van der Waals surface area contributed by atoms with Crippen LogP contribution in [0.15, 0.2) is 12.2 Å². The third-order valence-electron chi connectivity index (χ3n) is 2.42. The number of hydrogen-bond donors (Lipinski definition) is 4. The van der Waals surface area contributed by atoms with Crippen LogP contribution in [0, 0.1) is 0 Å². The summed E-state index contributed by atoms with van der Waals surface area (Å²) in [7, 11) is 0. The Balaban J connectivity index is 2.50. The lowest BCUT2D eigenvalue weighted by molar-refractivity contribution is -0.175. The molecule has 94 valence electrons. The van der Waals surface area contributed by atoms with Crippen LogP contribution in [0.25, 0.3) is 0 Å². The van der Waals surface area contributed by atoms with Gasteiger partial charge in [0.25, 0.3) is 0 Å². The molecule has 5 unspecified atom stereocenters. The van der Waals surface area contributed by atoms with E-state index in [9.17, 15) is 15.3 Å². The fourth-order valence-electron chi connectivity index (χ4n) is 1.48. The molecule has 1 heterocycles. The lowest BCUT2D eigenvalue weighted by Crippen LogP contribution is -2.40. The maximum Gasteiger partial charge on any atom is 0.187 e. The Bertz CT molecular complexity index is 231. The fourth-order valence-corrected chi connectivity index (χ4v) is 1.48. The zero-order chi connectivity index (χ0) is 12.1. The van der Waals surface area contributed by atoms with Gasteiger partial charge in [0.2, 0.25) is 0 Å². The molecule has 0 aromatic heterocycles. The molecule has 0 radical (unpaired) electrons. The van der Waals surface area contributed by atoms with E-state index < -0.39 is 37.3 Å². The van der Waals surface area contributed by atoms with Crippen molar-refractivity contribution in [2.24, 2.45) is 0 Å². The van der Waals surface area contributed by atoms with Gasteiger partial charge in [-0.2, -0.15) is 0 Å². The van der Waals surface area contributed by atoms with E-state index in [1.807, 2.05) is 6.92 Å². The summed E-state index contributed by atoms with van der Waals surface area (Å²) in [5, 5.41) is 37.1. The number of aliphatic hydroxyl groups excluding tert-OH is 4. The molecule has 0 bridgehead atoms. The van der Waals surface area contributed by atoms with Gasteiger partial charge in [0, 0.05) is 0 Å². The van der Waals surface area contributed by atoms with Crippen molar-refractivity contribution in [1.29, 1.82) is 0 Å². The second-order valence-corrected chi connectivity index (χ2v) is 3.60. The summed E-state index contributed by atoms with van der Waals surface area (Å²) in [5.74, 6) is 0. The molecule has 1 rings (SSSR count). The third-order valence-corrected chi connectivity index (χ3v) is 2.42. The number of hydrogen-bond acceptors (Lipinski definition) is 6. The van der Waals surface area contributed by atoms with E-state index in [2.05, 4.69) is 0 Å². The van der Waals surface area contributed by atoms with Gasteiger partial charge in [-0.15, -0.1) is 0 Å². The third kappa shape index (κ3) is 3.00. The first-order valence-electron chi connectivity index (χ1n) is 5.15. The van der Waals surface area contributed by atoms with Gasteiger partial charge in [0.1, 0.15) is 24.4 Å². The minimum Gasteiger partial charge on any atom is -0.394 e.